The molecule has 2 aromatic heterocycles. The summed E-state index contributed by atoms with van der Waals surface area (Å²) in [6.45, 7) is 4.52. The molecule has 1 atom stereocenters. The van der Waals surface area contributed by atoms with Crippen LogP contribution in [0.15, 0.2) is 36.8 Å². The Hall–Kier alpha value is -3.33. The second kappa shape index (κ2) is 7.96. The minimum absolute atomic E-state index is 0.118. The number of benzene rings is 1. The molecule has 3 heterocycles. The van der Waals surface area contributed by atoms with Gasteiger partial charge in [0.25, 0.3) is 0 Å². The largest absolute Gasteiger partial charge is 0.478 e. The number of carboxylic acid groups (broad SMARTS) is 1. The molecule has 8 nitrogen and oxygen atoms in total. The van der Waals surface area contributed by atoms with Gasteiger partial charge in [-0.2, -0.15) is 0 Å². The summed E-state index contributed by atoms with van der Waals surface area (Å²) in [6, 6.07) is 4.06. The Morgan fingerprint density at radius 3 is 2.76 bits per heavy atom. The first-order chi connectivity index (χ1) is 14.0. The molecule has 29 heavy (non-hydrogen) atoms. The average molecular weight is 397 g/mol. The Morgan fingerprint density at radius 1 is 1.24 bits per heavy atom. The van der Waals surface area contributed by atoms with Gasteiger partial charge in [0.15, 0.2) is 0 Å². The highest BCUT2D eigenvalue weighted by Gasteiger charge is 2.19. The number of halogens is 1. The van der Waals surface area contributed by atoms with Gasteiger partial charge in [-0.05, 0) is 19.1 Å². The number of hydrogen-bond acceptors (Lipinski definition) is 7. The van der Waals surface area contributed by atoms with Crippen molar-refractivity contribution in [2.45, 2.75) is 13.0 Å². The smallest absolute Gasteiger partial charge is 0.335 e. The number of fused-ring (bicyclic) bond motifs is 1. The number of anilines is 2. The molecule has 1 aromatic carbocycles. The summed E-state index contributed by atoms with van der Waals surface area (Å²) in [6.07, 6.45) is 4.28. The quantitative estimate of drug-likeness (QED) is 0.678. The highest BCUT2D eigenvalue weighted by Crippen LogP contribution is 2.28. The zero-order valence-electron chi connectivity index (χ0n) is 15.8. The van der Waals surface area contributed by atoms with Crippen molar-refractivity contribution in [2.75, 3.05) is 36.5 Å². The van der Waals surface area contributed by atoms with Gasteiger partial charge in [0.2, 0.25) is 0 Å². The highest BCUT2D eigenvalue weighted by atomic mass is 19.1. The second-order valence-electron chi connectivity index (χ2n) is 6.82. The molecule has 2 N–H and O–H groups in total. The van der Waals surface area contributed by atoms with Crippen LogP contribution in [0.25, 0.3) is 11.0 Å². The lowest BCUT2D eigenvalue weighted by Crippen LogP contribution is -2.36. The summed E-state index contributed by atoms with van der Waals surface area (Å²) in [5, 5.41) is 12.6. The van der Waals surface area contributed by atoms with Crippen molar-refractivity contribution in [3.63, 3.8) is 0 Å². The van der Waals surface area contributed by atoms with E-state index in [-0.39, 0.29) is 11.6 Å². The van der Waals surface area contributed by atoms with Gasteiger partial charge < -0.3 is 20.1 Å². The molecule has 4 rings (SSSR count). The van der Waals surface area contributed by atoms with Crippen molar-refractivity contribution in [2.24, 2.45) is 0 Å². The van der Waals surface area contributed by atoms with Crippen molar-refractivity contribution in [1.82, 2.24) is 15.0 Å². The topological polar surface area (TPSA) is 100 Å². The number of hydrogen-bond donors (Lipinski definition) is 2. The lowest BCUT2D eigenvalue weighted by molar-refractivity contribution is 0.0697. The van der Waals surface area contributed by atoms with E-state index in [1.165, 1.54) is 18.3 Å². The third-order valence-electron chi connectivity index (χ3n) is 4.80. The minimum atomic E-state index is -1.05. The van der Waals surface area contributed by atoms with Crippen LogP contribution in [0.2, 0.25) is 0 Å². The van der Waals surface area contributed by atoms with Gasteiger partial charge in [0, 0.05) is 24.7 Å². The molecule has 1 unspecified atom stereocenters. The van der Waals surface area contributed by atoms with Crippen LogP contribution in [0.5, 0.6) is 0 Å². The van der Waals surface area contributed by atoms with Gasteiger partial charge >= 0.3 is 5.97 Å². The van der Waals surface area contributed by atoms with E-state index in [0.717, 1.165) is 6.20 Å². The van der Waals surface area contributed by atoms with E-state index >= 15 is 0 Å². The molecule has 1 aliphatic rings. The summed E-state index contributed by atoms with van der Waals surface area (Å²) in [7, 11) is 0. The number of rotatable bonds is 5. The third kappa shape index (κ3) is 4.09. The maximum atomic E-state index is 13.5. The van der Waals surface area contributed by atoms with Crippen LogP contribution in [-0.4, -0.2) is 52.3 Å². The number of aromatic nitrogens is 3. The molecule has 0 radical (unpaired) electrons. The summed E-state index contributed by atoms with van der Waals surface area (Å²) in [4.78, 5) is 26.7. The number of ether oxygens (including phenoxy) is 1. The lowest BCUT2D eigenvalue weighted by atomic mass is 10.0. The number of nitrogens with one attached hydrogen (secondary N) is 1. The first-order valence-electron chi connectivity index (χ1n) is 9.25. The Balaban J connectivity index is 1.76. The summed E-state index contributed by atoms with van der Waals surface area (Å²) in [5.74, 6) is -0.794. The Kier molecular flexibility index (Phi) is 5.22. The number of carboxylic acids is 1. The standard InChI is InChI=1S/C20H20FN5O3/c1-12(24-15-8-14(21)9-22-10-15)16-6-13(20(27)28)7-17-19(16)25-18(11-23-17)26-2-4-29-5-3-26/h6-12,24H,2-5H2,1H3,(H,27,28). The monoisotopic (exact) mass is 397 g/mol. The zero-order valence-corrected chi connectivity index (χ0v) is 15.8. The minimum Gasteiger partial charge on any atom is -0.478 e. The van der Waals surface area contributed by atoms with E-state index in [4.69, 9.17) is 9.72 Å². The summed E-state index contributed by atoms with van der Waals surface area (Å²) >= 11 is 0. The van der Waals surface area contributed by atoms with Crippen LogP contribution in [0.4, 0.5) is 15.9 Å². The molecule has 1 saturated heterocycles. The van der Waals surface area contributed by atoms with Crippen molar-refractivity contribution < 1.29 is 19.0 Å². The van der Waals surface area contributed by atoms with Gasteiger partial charge in [-0.15, -0.1) is 0 Å². The van der Waals surface area contributed by atoms with E-state index < -0.39 is 11.8 Å². The Bertz CT molecular complexity index is 1060. The van der Waals surface area contributed by atoms with Crippen molar-refractivity contribution in [1.29, 1.82) is 0 Å². The molecule has 0 amide bonds. The number of morpholine rings is 1. The predicted molar refractivity (Wildman–Crippen MR) is 106 cm³/mol. The van der Waals surface area contributed by atoms with Crippen LogP contribution < -0.4 is 10.2 Å². The Morgan fingerprint density at radius 2 is 2.03 bits per heavy atom. The SMILES string of the molecule is CC(Nc1cncc(F)c1)c1cc(C(=O)O)cc2ncc(N3CCOCC3)nc12. The summed E-state index contributed by atoms with van der Waals surface area (Å²) in [5.41, 5.74) is 2.36. The van der Waals surface area contributed by atoms with Crippen LogP contribution >= 0.6 is 0 Å². The maximum Gasteiger partial charge on any atom is 0.335 e. The van der Waals surface area contributed by atoms with E-state index in [0.29, 0.717) is 54.4 Å². The normalized spacial score (nSPS) is 15.3. The first kappa shape index (κ1) is 19.0. The van der Waals surface area contributed by atoms with Gasteiger partial charge in [-0.1, -0.05) is 0 Å². The molecule has 150 valence electrons. The zero-order chi connectivity index (χ0) is 20.4. The van der Waals surface area contributed by atoms with Crippen LogP contribution in [-0.2, 0) is 4.74 Å². The van der Waals surface area contributed by atoms with Gasteiger partial charge in [0.05, 0.1) is 60.1 Å². The van der Waals surface area contributed by atoms with Gasteiger partial charge in [-0.25, -0.2) is 14.2 Å². The fourth-order valence-corrected chi connectivity index (χ4v) is 3.35. The second-order valence-corrected chi connectivity index (χ2v) is 6.82. The molecule has 0 saturated carbocycles. The van der Waals surface area contributed by atoms with E-state index in [2.05, 4.69) is 20.2 Å². The average Bonchev–Trinajstić information content (AvgIpc) is 2.73. The maximum absolute atomic E-state index is 13.5. The fourth-order valence-electron chi connectivity index (χ4n) is 3.35. The van der Waals surface area contributed by atoms with Crippen molar-refractivity contribution in [3.05, 3.63) is 53.7 Å². The first-order valence-corrected chi connectivity index (χ1v) is 9.25. The third-order valence-corrected chi connectivity index (χ3v) is 4.80. The van der Waals surface area contributed by atoms with Crippen LogP contribution in [0.1, 0.15) is 28.9 Å². The molecular formula is C20H20FN5O3. The van der Waals surface area contributed by atoms with Crippen LogP contribution in [0, 0.1) is 5.82 Å². The number of aromatic carboxylic acids is 1. The van der Waals surface area contributed by atoms with Crippen molar-refractivity contribution in [3.8, 4) is 0 Å². The van der Waals surface area contributed by atoms with E-state index in [9.17, 15) is 14.3 Å². The van der Waals surface area contributed by atoms with E-state index in [1.54, 1.807) is 12.3 Å². The van der Waals surface area contributed by atoms with Crippen LogP contribution in [0.3, 0.4) is 0 Å². The lowest BCUT2D eigenvalue weighted by Gasteiger charge is -2.28. The highest BCUT2D eigenvalue weighted by molar-refractivity contribution is 5.94. The molecular weight excluding hydrogens is 377 g/mol. The molecule has 1 aliphatic heterocycles. The number of pyridine rings is 1. The Labute approximate surface area is 166 Å². The molecule has 9 heteroatoms. The fraction of sp³-hybridized carbons (Fsp3) is 0.300. The molecule has 0 bridgehead atoms. The van der Waals surface area contributed by atoms with Gasteiger partial charge in [0.1, 0.15) is 11.6 Å². The number of nitrogens with zero attached hydrogens (tertiary/aromatic N) is 4. The summed E-state index contributed by atoms with van der Waals surface area (Å²) < 4.78 is 18.9. The molecule has 3 aromatic rings. The molecule has 0 spiro atoms. The predicted octanol–water partition coefficient (Wildman–Crippen LogP) is 2.87. The number of carbonyl (C=O) groups is 1. The molecule has 1 fully saturated rings. The van der Waals surface area contributed by atoms with Gasteiger partial charge in [-0.3, -0.25) is 9.97 Å². The molecule has 0 aliphatic carbocycles. The van der Waals surface area contributed by atoms with Crippen molar-refractivity contribution >= 4 is 28.5 Å². The van der Waals surface area contributed by atoms with E-state index in [1.807, 2.05) is 6.92 Å².